The summed E-state index contributed by atoms with van der Waals surface area (Å²) in [6.07, 6.45) is 3.95. The van der Waals surface area contributed by atoms with Gasteiger partial charge in [-0.1, -0.05) is 19.4 Å². The molecule has 0 aliphatic carbocycles. The van der Waals surface area contributed by atoms with E-state index >= 15 is 0 Å². The predicted octanol–water partition coefficient (Wildman–Crippen LogP) is 3.21. The van der Waals surface area contributed by atoms with Crippen LogP contribution in [0.15, 0.2) is 35.0 Å². The van der Waals surface area contributed by atoms with E-state index in [1.54, 1.807) is 27.4 Å². The summed E-state index contributed by atoms with van der Waals surface area (Å²) in [5.41, 5.74) is 2.00. The Balaban J connectivity index is 1.73. The molecule has 4 atom stereocenters. The third-order valence-corrected chi connectivity index (χ3v) is 6.91. The summed E-state index contributed by atoms with van der Waals surface area (Å²) in [6, 6.07) is 5.73. The van der Waals surface area contributed by atoms with E-state index in [9.17, 15) is 9.90 Å². The van der Waals surface area contributed by atoms with Gasteiger partial charge >= 0.3 is 0 Å². The van der Waals surface area contributed by atoms with Crippen molar-refractivity contribution in [3.8, 4) is 5.75 Å². The van der Waals surface area contributed by atoms with Gasteiger partial charge in [-0.05, 0) is 43.7 Å². The van der Waals surface area contributed by atoms with E-state index in [1.807, 2.05) is 18.2 Å². The number of Topliss-reactive ketones (excluding diaryl/α,β-unsaturated/α-hetero) is 1. The first-order valence-corrected chi connectivity index (χ1v) is 10.4. The SMILES string of the molecule is CC[C@@H]1CN2CC[C@@]3(O)C(=Nc4cccc(OC)c43)[C@@H]2C[C@@H]1/C(=C\OC)C(C)=O. The Morgan fingerprint density at radius 1 is 1.41 bits per heavy atom. The number of ketones is 1. The van der Waals surface area contributed by atoms with Crippen molar-refractivity contribution in [1.82, 2.24) is 4.90 Å². The van der Waals surface area contributed by atoms with E-state index in [1.165, 1.54) is 0 Å². The van der Waals surface area contributed by atoms with Gasteiger partial charge < -0.3 is 14.6 Å². The molecule has 2 saturated heterocycles. The lowest BCUT2D eigenvalue weighted by Gasteiger charge is -2.50. The second-order valence-electron chi connectivity index (χ2n) is 8.35. The number of rotatable bonds is 5. The van der Waals surface area contributed by atoms with Gasteiger partial charge in [0.15, 0.2) is 5.78 Å². The Labute approximate surface area is 172 Å². The van der Waals surface area contributed by atoms with Gasteiger partial charge in [0.05, 0.1) is 43.5 Å². The molecule has 3 heterocycles. The van der Waals surface area contributed by atoms with Crippen molar-refractivity contribution in [3.05, 3.63) is 35.6 Å². The van der Waals surface area contributed by atoms with Crippen LogP contribution in [0.3, 0.4) is 0 Å². The number of nitrogens with zero attached hydrogens (tertiary/aromatic N) is 2. The number of carbonyl (C=O) groups excluding carboxylic acids is 1. The van der Waals surface area contributed by atoms with E-state index in [2.05, 4.69) is 11.8 Å². The lowest BCUT2D eigenvalue weighted by molar-refractivity contribution is -0.114. The zero-order valence-corrected chi connectivity index (χ0v) is 17.6. The minimum absolute atomic E-state index is 0.00161. The minimum atomic E-state index is -1.10. The lowest BCUT2D eigenvalue weighted by Crippen LogP contribution is -2.60. The smallest absolute Gasteiger partial charge is 0.159 e. The molecule has 6 nitrogen and oxygen atoms in total. The summed E-state index contributed by atoms with van der Waals surface area (Å²) in [5, 5.41) is 11.7. The van der Waals surface area contributed by atoms with Gasteiger partial charge in [-0.2, -0.15) is 0 Å². The topological polar surface area (TPSA) is 71.4 Å². The number of ether oxygens (including phenoxy) is 2. The van der Waals surface area contributed by atoms with E-state index in [0.29, 0.717) is 18.1 Å². The van der Waals surface area contributed by atoms with Gasteiger partial charge in [0.1, 0.15) is 11.4 Å². The van der Waals surface area contributed by atoms with Crippen molar-refractivity contribution in [2.75, 3.05) is 27.3 Å². The van der Waals surface area contributed by atoms with Crippen LogP contribution >= 0.6 is 0 Å². The highest BCUT2D eigenvalue weighted by Crippen LogP contribution is 2.51. The van der Waals surface area contributed by atoms with Crippen LogP contribution in [0.4, 0.5) is 5.69 Å². The predicted molar refractivity (Wildman–Crippen MR) is 112 cm³/mol. The van der Waals surface area contributed by atoms with E-state index in [4.69, 9.17) is 14.5 Å². The first-order chi connectivity index (χ1) is 13.9. The zero-order valence-electron chi connectivity index (χ0n) is 17.6. The van der Waals surface area contributed by atoms with Crippen molar-refractivity contribution in [1.29, 1.82) is 0 Å². The molecular formula is C23H30N2O4. The number of benzene rings is 1. The average Bonchev–Trinajstić information content (AvgIpc) is 3.04. The van der Waals surface area contributed by atoms with Crippen LogP contribution in [0, 0.1) is 11.8 Å². The van der Waals surface area contributed by atoms with Crippen LogP contribution in [-0.2, 0) is 15.1 Å². The Morgan fingerprint density at radius 2 is 2.21 bits per heavy atom. The van der Waals surface area contributed by atoms with E-state index < -0.39 is 5.60 Å². The average molecular weight is 399 g/mol. The number of piperidine rings is 2. The van der Waals surface area contributed by atoms with E-state index in [-0.39, 0.29) is 17.7 Å². The fourth-order valence-corrected chi connectivity index (χ4v) is 5.48. The zero-order chi connectivity index (χ0) is 20.8. The summed E-state index contributed by atoms with van der Waals surface area (Å²) < 4.78 is 10.8. The molecule has 0 radical (unpaired) electrons. The summed E-state index contributed by atoms with van der Waals surface area (Å²) in [5.74, 6) is 1.20. The summed E-state index contributed by atoms with van der Waals surface area (Å²) in [4.78, 5) is 19.7. The third kappa shape index (κ3) is 3.09. The summed E-state index contributed by atoms with van der Waals surface area (Å²) in [6.45, 7) is 5.47. The van der Waals surface area contributed by atoms with Crippen LogP contribution in [0.2, 0.25) is 0 Å². The highest BCUT2D eigenvalue weighted by molar-refractivity contribution is 6.05. The van der Waals surface area contributed by atoms with Gasteiger partial charge in [-0.3, -0.25) is 14.7 Å². The van der Waals surface area contributed by atoms with Gasteiger partial charge in [0.2, 0.25) is 0 Å². The largest absolute Gasteiger partial charge is 0.504 e. The molecule has 1 N–H and O–H groups in total. The monoisotopic (exact) mass is 398 g/mol. The van der Waals surface area contributed by atoms with Crippen molar-refractivity contribution in [2.45, 2.75) is 44.8 Å². The maximum Gasteiger partial charge on any atom is 0.159 e. The van der Waals surface area contributed by atoms with Crippen LogP contribution < -0.4 is 4.74 Å². The number of aliphatic imine (C=N–C) groups is 1. The molecule has 4 rings (SSSR count). The molecule has 1 aromatic carbocycles. The molecule has 2 fully saturated rings. The van der Waals surface area contributed by atoms with Gasteiger partial charge in [0.25, 0.3) is 0 Å². The number of hydrogen-bond acceptors (Lipinski definition) is 6. The number of methoxy groups -OCH3 is 2. The second-order valence-corrected chi connectivity index (χ2v) is 8.35. The molecule has 29 heavy (non-hydrogen) atoms. The van der Waals surface area contributed by atoms with Crippen molar-refractivity contribution < 1.29 is 19.4 Å². The van der Waals surface area contributed by atoms with Crippen LogP contribution in [-0.4, -0.2) is 54.9 Å². The van der Waals surface area contributed by atoms with Gasteiger partial charge in [-0.15, -0.1) is 0 Å². The maximum absolute atomic E-state index is 12.3. The maximum atomic E-state index is 12.3. The molecule has 3 aliphatic rings. The number of allylic oxidation sites excluding steroid dienone is 1. The second kappa shape index (κ2) is 7.58. The highest BCUT2D eigenvalue weighted by Gasteiger charge is 2.54. The fourth-order valence-electron chi connectivity index (χ4n) is 5.48. The first-order valence-electron chi connectivity index (χ1n) is 10.4. The molecule has 3 aliphatic heterocycles. The molecule has 6 heteroatoms. The summed E-state index contributed by atoms with van der Waals surface area (Å²) in [7, 11) is 3.21. The van der Waals surface area contributed by atoms with Gasteiger partial charge in [0, 0.05) is 18.7 Å². The highest BCUT2D eigenvalue weighted by atomic mass is 16.5. The van der Waals surface area contributed by atoms with Crippen molar-refractivity contribution >= 4 is 17.2 Å². The minimum Gasteiger partial charge on any atom is -0.504 e. The molecule has 0 spiro atoms. The molecular weight excluding hydrogens is 368 g/mol. The summed E-state index contributed by atoms with van der Waals surface area (Å²) >= 11 is 0. The van der Waals surface area contributed by atoms with E-state index in [0.717, 1.165) is 48.5 Å². The Morgan fingerprint density at radius 3 is 2.86 bits per heavy atom. The number of fused-ring (bicyclic) bond motifs is 5. The normalized spacial score (nSPS) is 31.4. The molecule has 0 unspecified atom stereocenters. The fraction of sp³-hybridized carbons (Fsp3) is 0.565. The molecule has 0 saturated carbocycles. The molecule has 0 amide bonds. The van der Waals surface area contributed by atoms with Crippen molar-refractivity contribution in [3.63, 3.8) is 0 Å². The first kappa shape index (κ1) is 20.1. The Kier molecular flexibility index (Phi) is 5.25. The molecule has 1 aromatic rings. The van der Waals surface area contributed by atoms with Gasteiger partial charge in [-0.25, -0.2) is 0 Å². The van der Waals surface area contributed by atoms with Crippen LogP contribution in [0.1, 0.15) is 38.7 Å². The lowest BCUT2D eigenvalue weighted by atomic mass is 9.69. The Bertz CT molecular complexity index is 878. The molecule has 156 valence electrons. The van der Waals surface area contributed by atoms with Crippen LogP contribution in [0.25, 0.3) is 0 Å². The van der Waals surface area contributed by atoms with Crippen molar-refractivity contribution in [2.24, 2.45) is 16.8 Å². The molecule has 0 aromatic heterocycles. The number of aliphatic hydroxyl groups is 1. The molecule has 0 bridgehead atoms. The quantitative estimate of drug-likeness (QED) is 0.609. The Hall–Kier alpha value is -2.18. The third-order valence-electron chi connectivity index (χ3n) is 6.91. The van der Waals surface area contributed by atoms with Crippen LogP contribution in [0.5, 0.6) is 5.75 Å². The standard InChI is InChI=1S/C23H30N2O4/c1-5-15-12-25-10-9-23(27)21-18(7-6-8-20(21)29-4)24-22(23)19(25)11-16(15)17(13-28-3)14(2)26/h6-8,13,15-16,19,27H,5,9-12H2,1-4H3/b17-13-/t15-,16+,19+,23+/m1/s1. The number of carbonyl (C=O) groups is 1. The number of hydrogen-bond donors (Lipinski definition) is 1.